The molecule has 1 atom stereocenters. The number of carbonyl (C=O) groups is 2. The summed E-state index contributed by atoms with van der Waals surface area (Å²) in [5, 5.41) is 7.91. The lowest BCUT2D eigenvalue weighted by Crippen LogP contribution is -2.28. The number of aromatic nitrogens is 2. The number of pyridine rings is 1. The number of rotatable bonds is 6. The Morgan fingerprint density at radius 2 is 1.96 bits per heavy atom. The van der Waals surface area contributed by atoms with Gasteiger partial charge in [-0.2, -0.15) is 0 Å². The van der Waals surface area contributed by atoms with Crippen LogP contribution >= 0.6 is 11.3 Å². The molecular formula is C19H18N4O2S. The lowest BCUT2D eigenvalue weighted by atomic mass is 10.1. The molecule has 2 amide bonds. The van der Waals surface area contributed by atoms with Gasteiger partial charge in [0.1, 0.15) is 0 Å². The van der Waals surface area contributed by atoms with E-state index in [-0.39, 0.29) is 24.3 Å². The second kappa shape index (κ2) is 8.35. The van der Waals surface area contributed by atoms with Crippen LogP contribution in [0.5, 0.6) is 0 Å². The molecule has 7 heteroatoms. The number of anilines is 1. The van der Waals surface area contributed by atoms with E-state index >= 15 is 0 Å². The molecule has 3 aromatic rings. The maximum absolute atomic E-state index is 12.2. The topological polar surface area (TPSA) is 84.0 Å². The molecule has 0 spiro atoms. The van der Waals surface area contributed by atoms with Crippen molar-refractivity contribution in [1.29, 1.82) is 0 Å². The third-order valence-electron chi connectivity index (χ3n) is 3.71. The summed E-state index contributed by atoms with van der Waals surface area (Å²) in [6.07, 6.45) is 3.58. The van der Waals surface area contributed by atoms with Gasteiger partial charge in [0.15, 0.2) is 5.13 Å². The van der Waals surface area contributed by atoms with Crippen molar-refractivity contribution in [1.82, 2.24) is 15.3 Å². The lowest BCUT2D eigenvalue weighted by Gasteiger charge is -2.13. The molecule has 0 fully saturated rings. The van der Waals surface area contributed by atoms with Gasteiger partial charge in [0.25, 0.3) is 5.91 Å². The van der Waals surface area contributed by atoms with Crippen LogP contribution < -0.4 is 10.6 Å². The molecule has 0 radical (unpaired) electrons. The highest BCUT2D eigenvalue weighted by Crippen LogP contribution is 2.17. The van der Waals surface area contributed by atoms with Gasteiger partial charge in [0.05, 0.1) is 18.2 Å². The van der Waals surface area contributed by atoms with Crippen LogP contribution in [0.2, 0.25) is 0 Å². The van der Waals surface area contributed by atoms with Crippen LogP contribution in [-0.2, 0) is 11.2 Å². The van der Waals surface area contributed by atoms with E-state index in [2.05, 4.69) is 20.6 Å². The fraction of sp³-hybridized carbons (Fsp3) is 0.158. The maximum Gasteiger partial charge on any atom is 0.257 e. The summed E-state index contributed by atoms with van der Waals surface area (Å²) >= 11 is 1.30. The van der Waals surface area contributed by atoms with E-state index in [0.717, 1.165) is 5.56 Å². The fourth-order valence-corrected chi connectivity index (χ4v) is 3.08. The highest BCUT2D eigenvalue weighted by molar-refractivity contribution is 7.14. The minimum absolute atomic E-state index is 0.132. The lowest BCUT2D eigenvalue weighted by molar-refractivity contribution is -0.121. The molecular weight excluding hydrogens is 348 g/mol. The molecule has 3 rings (SSSR count). The molecule has 0 saturated carbocycles. The number of hydrogen-bond donors (Lipinski definition) is 2. The molecule has 1 aromatic carbocycles. The smallest absolute Gasteiger partial charge is 0.257 e. The van der Waals surface area contributed by atoms with Gasteiger partial charge < -0.3 is 5.32 Å². The van der Waals surface area contributed by atoms with E-state index < -0.39 is 0 Å². The summed E-state index contributed by atoms with van der Waals surface area (Å²) < 4.78 is 0. The summed E-state index contributed by atoms with van der Waals surface area (Å²) in [4.78, 5) is 32.7. The summed E-state index contributed by atoms with van der Waals surface area (Å²) in [6.45, 7) is 1.90. The zero-order valence-electron chi connectivity index (χ0n) is 14.2. The summed E-state index contributed by atoms with van der Waals surface area (Å²) in [7, 11) is 0. The third kappa shape index (κ3) is 4.73. The van der Waals surface area contributed by atoms with Crippen molar-refractivity contribution in [2.75, 3.05) is 5.32 Å². The van der Waals surface area contributed by atoms with Crippen LogP contribution in [0, 0.1) is 0 Å². The predicted molar refractivity (Wildman–Crippen MR) is 101 cm³/mol. The van der Waals surface area contributed by atoms with Crippen LogP contribution in [0.3, 0.4) is 0 Å². The van der Waals surface area contributed by atoms with Gasteiger partial charge in [0.2, 0.25) is 5.91 Å². The van der Waals surface area contributed by atoms with Crippen LogP contribution in [0.4, 0.5) is 5.13 Å². The van der Waals surface area contributed by atoms with Crippen molar-refractivity contribution in [3.05, 3.63) is 77.1 Å². The third-order valence-corrected chi connectivity index (χ3v) is 4.52. The zero-order valence-corrected chi connectivity index (χ0v) is 15.0. The number of amides is 2. The Balaban J connectivity index is 1.55. The average Bonchev–Trinajstić information content (AvgIpc) is 3.09. The highest BCUT2D eigenvalue weighted by Gasteiger charge is 2.13. The molecule has 0 saturated heterocycles. The Morgan fingerprint density at radius 3 is 2.69 bits per heavy atom. The van der Waals surface area contributed by atoms with E-state index in [1.165, 1.54) is 11.3 Å². The maximum atomic E-state index is 12.2. The van der Waals surface area contributed by atoms with Crippen molar-refractivity contribution in [3.63, 3.8) is 0 Å². The first-order valence-corrected chi connectivity index (χ1v) is 9.00. The quantitative estimate of drug-likeness (QED) is 0.702. The first-order chi connectivity index (χ1) is 12.6. The van der Waals surface area contributed by atoms with Crippen molar-refractivity contribution in [2.45, 2.75) is 19.4 Å². The number of carbonyl (C=O) groups excluding carboxylic acids is 2. The standard InChI is InChI=1S/C19H18N4O2S/c1-13(15-8-5-9-20-11-15)21-17(24)10-16-12-26-19(22-16)23-18(25)14-6-3-2-4-7-14/h2-9,11-13H,10H2,1H3,(H,21,24)(H,22,23,25). The molecule has 0 aliphatic carbocycles. The first-order valence-electron chi connectivity index (χ1n) is 8.12. The second-order valence-electron chi connectivity index (χ2n) is 5.72. The molecule has 2 N–H and O–H groups in total. The van der Waals surface area contributed by atoms with E-state index in [1.54, 1.807) is 42.0 Å². The Bertz CT molecular complexity index is 881. The first kappa shape index (κ1) is 17.8. The monoisotopic (exact) mass is 366 g/mol. The van der Waals surface area contributed by atoms with E-state index in [4.69, 9.17) is 0 Å². The minimum Gasteiger partial charge on any atom is -0.349 e. The van der Waals surface area contributed by atoms with Crippen molar-refractivity contribution in [2.24, 2.45) is 0 Å². The number of nitrogens with zero attached hydrogens (tertiary/aromatic N) is 2. The van der Waals surface area contributed by atoms with Gasteiger partial charge >= 0.3 is 0 Å². The molecule has 2 aromatic heterocycles. The molecule has 2 heterocycles. The number of hydrogen-bond acceptors (Lipinski definition) is 5. The predicted octanol–water partition coefficient (Wildman–Crippen LogP) is 3.21. The molecule has 1 unspecified atom stereocenters. The van der Waals surface area contributed by atoms with Crippen LogP contribution in [0.25, 0.3) is 0 Å². The normalized spacial score (nSPS) is 11.6. The van der Waals surface area contributed by atoms with E-state index in [0.29, 0.717) is 16.4 Å². The van der Waals surface area contributed by atoms with Gasteiger partial charge in [-0.1, -0.05) is 24.3 Å². The van der Waals surface area contributed by atoms with Gasteiger partial charge in [-0.05, 0) is 30.7 Å². The van der Waals surface area contributed by atoms with Gasteiger partial charge in [0, 0.05) is 23.3 Å². The minimum atomic E-state index is -0.221. The Morgan fingerprint density at radius 1 is 1.15 bits per heavy atom. The Labute approximate surface area is 155 Å². The molecule has 0 aliphatic rings. The van der Waals surface area contributed by atoms with Crippen molar-refractivity contribution < 1.29 is 9.59 Å². The summed E-state index contributed by atoms with van der Waals surface area (Å²) in [5.41, 5.74) is 2.12. The highest BCUT2D eigenvalue weighted by atomic mass is 32.1. The number of nitrogens with one attached hydrogen (secondary N) is 2. The van der Waals surface area contributed by atoms with Crippen LogP contribution in [0.1, 0.15) is 34.6 Å². The molecule has 0 bridgehead atoms. The van der Waals surface area contributed by atoms with Gasteiger partial charge in [-0.15, -0.1) is 11.3 Å². The number of thiazole rings is 1. The summed E-state index contributed by atoms with van der Waals surface area (Å²) in [5.74, 6) is -0.353. The number of benzene rings is 1. The Hall–Kier alpha value is -3.06. The van der Waals surface area contributed by atoms with Crippen molar-refractivity contribution >= 4 is 28.3 Å². The van der Waals surface area contributed by atoms with Gasteiger partial charge in [-0.25, -0.2) is 4.98 Å². The molecule has 6 nitrogen and oxygen atoms in total. The molecule has 132 valence electrons. The van der Waals surface area contributed by atoms with Crippen LogP contribution in [0.15, 0.2) is 60.2 Å². The average molecular weight is 366 g/mol. The van der Waals surface area contributed by atoms with E-state index in [1.807, 2.05) is 25.1 Å². The molecule has 0 aliphatic heterocycles. The molecule has 26 heavy (non-hydrogen) atoms. The Kier molecular flexibility index (Phi) is 5.70. The van der Waals surface area contributed by atoms with Gasteiger partial charge in [-0.3, -0.25) is 19.9 Å². The summed E-state index contributed by atoms with van der Waals surface area (Å²) in [6, 6.07) is 12.5. The largest absolute Gasteiger partial charge is 0.349 e. The van der Waals surface area contributed by atoms with Crippen molar-refractivity contribution in [3.8, 4) is 0 Å². The fourth-order valence-electron chi connectivity index (χ4n) is 2.38. The second-order valence-corrected chi connectivity index (χ2v) is 6.57. The SMILES string of the molecule is CC(NC(=O)Cc1csc(NC(=O)c2ccccc2)n1)c1cccnc1. The zero-order chi connectivity index (χ0) is 18.4. The van der Waals surface area contributed by atoms with Crippen LogP contribution in [-0.4, -0.2) is 21.8 Å². The van der Waals surface area contributed by atoms with E-state index in [9.17, 15) is 9.59 Å².